The number of rotatable bonds is 5. The summed E-state index contributed by atoms with van der Waals surface area (Å²) in [5.41, 5.74) is 1.43. The first-order valence-electron chi connectivity index (χ1n) is 7.96. The van der Waals surface area contributed by atoms with Crippen LogP contribution >= 0.6 is 0 Å². The quantitative estimate of drug-likeness (QED) is 0.850. The van der Waals surface area contributed by atoms with Gasteiger partial charge in [-0.05, 0) is 19.1 Å². The molecule has 1 aromatic carbocycles. The van der Waals surface area contributed by atoms with E-state index in [1.807, 2.05) is 36.1 Å². The van der Waals surface area contributed by atoms with E-state index in [2.05, 4.69) is 10.2 Å². The van der Waals surface area contributed by atoms with Crippen LogP contribution in [0.3, 0.4) is 0 Å². The lowest BCUT2D eigenvalue weighted by molar-refractivity contribution is -0.125. The maximum atomic E-state index is 12.8. The Kier molecular flexibility index (Phi) is 4.71. The van der Waals surface area contributed by atoms with Gasteiger partial charge in [-0.3, -0.25) is 14.8 Å². The predicted octanol–water partition coefficient (Wildman–Crippen LogP) is 1.35. The van der Waals surface area contributed by atoms with Gasteiger partial charge in [0.05, 0.1) is 19.3 Å². The van der Waals surface area contributed by atoms with Crippen molar-refractivity contribution in [1.82, 2.24) is 15.1 Å². The van der Waals surface area contributed by atoms with E-state index in [9.17, 15) is 9.59 Å². The molecule has 1 aliphatic rings. The molecule has 8 nitrogen and oxygen atoms in total. The number of anilines is 1. The summed E-state index contributed by atoms with van der Waals surface area (Å²) >= 11 is 0. The summed E-state index contributed by atoms with van der Waals surface area (Å²) in [5, 5.41) is 15.4. The second kappa shape index (κ2) is 6.94. The molecule has 132 valence electrons. The third kappa shape index (κ3) is 3.34. The topological polar surface area (TPSA) is 98.8 Å². The standard InChI is InChI=1S/C17H20N4O4/c1-11-16(22)21(13-4-3-5-14(8-13)25-2)7-6-20(11)10-12-9-18-19-15(12)17(23)24/h3-5,8-9,11H,6-7,10H2,1-2H3,(H,18,19)(H,23,24). The van der Waals surface area contributed by atoms with Crippen molar-refractivity contribution in [3.63, 3.8) is 0 Å². The number of hydrogen-bond acceptors (Lipinski definition) is 5. The van der Waals surface area contributed by atoms with Gasteiger partial charge in [-0.25, -0.2) is 4.79 Å². The summed E-state index contributed by atoms with van der Waals surface area (Å²) in [6.07, 6.45) is 1.50. The van der Waals surface area contributed by atoms with Crippen LogP contribution in [0.5, 0.6) is 5.75 Å². The van der Waals surface area contributed by atoms with E-state index in [0.29, 0.717) is 30.9 Å². The molecular weight excluding hydrogens is 324 g/mol. The number of carbonyl (C=O) groups is 2. The fourth-order valence-electron chi connectivity index (χ4n) is 3.00. The molecule has 1 atom stereocenters. The number of carboxylic acids is 1. The normalized spacial score (nSPS) is 18.4. The lowest BCUT2D eigenvalue weighted by Gasteiger charge is -2.39. The lowest BCUT2D eigenvalue weighted by atomic mass is 10.1. The monoisotopic (exact) mass is 344 g/mol. The van der Waals surface area contributed by atoms with Gasteiger partial charge in [-0.15, -0.1) is 0 Å². The lowest BCUT2D eigenvalue weighted by Crippen LogP contribution is -2.55. The van der Waals surface area contributed by atoms with Gasteiger partial charge in [0.15, 0.2) is 0 Å². The van der Waals surface area contributed by atoms with Crippen LogP contribution in [0.1, 0.15) is 23.0 Å². The van der Waals surface area contributed by atoms with Gasteiger partial charge in [0.1, 0.15) is 11.4 Å². The van der Waals surface area contributed by atoms with Crippen molar-refractivity contribution in [2.24, 2.45) is 0 Å². The molecule has 25 heavy (non-hydrogen) atoms. The Balaban J connectivity index is 1.75. The van der Waals surface area contributed by atoms with Gasteiger partial charge in [0.2, 0.25) is 5.91 Å². The van der Waals surface area contributed by atoms with Gasteiger partial charge < -0.3 is 14.7 Å². The van der Waals surface area contributed by atoms with Gasteiger partial charge in [-0.1, -0.05) is 6.07 Å². The number of aromatic carboxylic acids is 1. The molecule has 1 saturated heterocycles. The smallest absolute Gasteiger partial charge is 0.354 e. The Morgan fingerprint density at radius 1 is 1.44 bits per heavy atom. The molecular formula is C17H20N4O4. The van der Waals surface area contributed by atoms with Crippen LogP contribution in [0.25, 0.3) is 0 Å². The fraction of sp³-hybridized carbons (Fsp3) is 0.353. The molecule has 1 aromatic heterocycles. The molecule has 0 spiro atoms. The first-order valence-corrected chi connectivity index (χ1v) is 7.96. The summed E-state index contributed by atoms with van der Waals surface area (Å²) in [4.78, 5) is 27.7. The van der Waals surface area contributed by atoms with Gasteiger partial charge in [-0.2, -0.15) is 5.10 Å². The third-order valence-electron chi connectivity index (χ3n) is 4.45. The summed E-state index contributed by atoms with van der Waals surface area (Å²) < 4.78 is 5.22. The Morgan fingerprint density at radius 3 is 2.96 bits per heavy atom. The molecule has 8 heteroatoms. The van der Waals surface area contributed by atoms with E-state index in [1.165, 1.54) is 6.20 Å². The highest BCUT2D eigenvalue weighted by Gasteiger charge is 2.33. The molecule has 0 radical (unpaired) electrons. The molecule has 2 aromatic rings. The van der Waals surface area contributed by atoms with Crippen LogP contribution in [0.15, 0.2) is 30.5 Å². The van der Waals surface area contributed by atoms with Gasteiger partial charge in [0.25, 0.3) is 0 Å². The zero-order chi connectivity index (χ0) is 18.0. The van der Waals surface area contributed by atoms with E-state index >= 15 is 0 Å². The molecule has 0 saturated carbocycles. The maximum Gasteiger partial charge on any atom is 0.354 e. The fourth-order valence-corrected chi connectivity index (χ4v) is 3.00. The van der Waals surface area contributed by atoms with E-state index in [4.69, 9.17) is 9.84 Å². The Morgan fingerprint density at radius 2 is 2.24 bits per heavy atom. The van der Waals surface area contributed by atoms with Crippen molar-refractivity contribution >= 4 is 17.6 Å². The Labute approximate surface area is 145 Å². The molecule has 2 N–H and O–H groups in total. The second-order valence-corrected chi connectivity index (χ2v) is 5.91. The second-order valence-electron chi connectivity index (χ2n) is 5.91. The largest absolute Gasteiger partial charge is 0.497 e. The minimum Gasteiger partial charge on any atom is -0.497 e. The number of carboxylic acid groups (broad SMARTS) is 1. The number of aromatic nitrogens is 2. The SMILES string of the molecule is COc1cccc(N2CCN(Cc3cn[nH]c3C(=O)O)C(C)C2=O)c1. The van der Waals surface area contributed by atoms with E-state index < -0.39 is 5.97 Å². The van der Waals surface area contributed by atoms with Crippen LogP contribution in [0.2, 0.25) is 0 Å². The highest BCUT2D eigenvalue weighted by molar-refractivity contribution is 5.98. The molecule has 0 bridgehead atoms. The Bertz CT molecular complexity index is 788. The summed E-state index contributed by atoms with van der Waals surface area (Å²) in [5.74, 6) is -0.383. The number of hydrogen-bond donors (Lipinski definition) is 2. The number of piperazine rings is 1. The first kappa shape index (κ1) is 17.0. The van der Waals surface area contributed by atoms with Crippen molar-refractivity contribution in [3.05, 3.63) is 41.7 Å². The number of benzene rings is 1. The molecule has 1 aliphatic heterocycles. The molecule has 3 rings (SSSR count). The maximum absolute atomic E-state index is 12.8. The van der Waals surface area contributed by atoms with Crippen LogP contribution in [-0.4, -0.2) is 58.3 Å². The highest BCUT2D eigenvalue weighted by Crippen LogP contribution is 2.25. The van der Waals surface area contributed by atoms with Crippen molar-refractivity contribution in [1.29, 1.82) is 0 Å². The van der Waals surface area contributed by atoms with Crippen molar-refractivity contribution in [3.8, 4) is 5.75 Å². The third-order valence-corrected chi connectivity index (χ3v) is 4.45. The number of ether oxygens (including phenoxy) is 1. The number of aromatic amines is 1. The number of nitrogens with zero attached hydrogens (tertiary/aromatic N) is 3. The highest BCUT2D eigenvalue weighted by atomic mass is 16.5. The number of carbonyl (C=O) groups excluding carboxylic acids is 1. The Hall–Kier alpha value is -2.87. The van der Waals surface area contributed by atoms with Crippen molar-refractivity contribution in [2.45, 2.75) is 19.5 Å². The zero-order valence-electron chi connectivity index (χ0n) is 14.1. The number of amides is 1. The van der Waals surface area contributed by atoms with E-state index in [1.54, 1.807) is 12.0 Å². The summed E-state index contributed by atoms with van der Waals surface area (Å²) in [7, 11) is 1.59. The van der Waals surface area contributed by atoms with Crippen LogP contribution in [-0.2, 0) is 11.3 Å². The number of nitrogens with one attached hydrogen (secondary N) is 1. The molecule has 0 aliphatic carbocycles. The number of H-pyrrole nitrogens is 1. The average molecular weight is 344 g/mol. The van der Waals surface area contributed by atoms with Crippen molar-refractivity contribution in [2.75, 3.05) is 25.1 Å². The van der Waals surface area contributed by atoms with Gasteiger partial charge in [0, 0.05) is 37.0 Å². The summed E-state index contributed by atoms with van der Waals surface area (Å²) in [6, 6.07) is 7.03. The van der Waals surface area contributed by atoms with Crippen LogP contribution in [0.4, 0.5) is 5.69 Å². The van der Waals surface area contributed by atoms with Gasteiger partial charge >= 0.3 is 5.97 Å². The van der Waals surface area contributed by atoms with E-state index in [-0.39, 0.29) is 17.6 Å². The van der Waals surface area contributed by atoms with E-state index in [0.717, 1.165) is 5.69 Å². The molecule has 1 fully saturated rings. The van der Waals surface area contributed by atoms with Crippen LogP contribution in [0, 0.1) is 0 Å². The summed E-state index contributed by atoms with van der Waals surface area (Å²) in [6.45, 7) is 3.34. The number of methoxy groups -OCH3 is 1. The average Bonchev–Trinajstić information content (AvgIpc) is 3.07. The first-order chi connectivity index (χ1) is 12.0. The van der Waals surface area contributed by atoms with Crippen LogP contribution < -0.4 is 9.64 Å². The minimum atomic E-state index is -1.05. The zero-order valence-corrected chi connectivity index (χ0v) is 14.1. The molecule has 2 heterocycles. The molecule has 1 amide bonds. The molecule has 1 unspecified atom stereocenters. The predicted molar refractivity (Wildman–Crippen MR) is 90.8 cm³/mol. The van der Waals surface area contributed by atoms with Crippen molar-refractivity contribution < 1.29 is 19.4 Å². The minimum absolute atomic E-state index is 0.0279.